The molecule has 5 N–H and O–H groups in total. The van der Waals surface area contributed by atoms with E-state index >= 15 is 0 Å². The Hall–Kier alpha value is -5.76. The Bertz CT molecular complexity index is 1970. The van der Waals surface area contributed by atoms with Crippen molar-refractivity contribution in [2.75, 3.05) is 27.7 Å². The molecule has 0 bridgehead atoms. The molecule has 2 fully saturated rings. The normalized spacial score (nSPS) is 18.3. The van der Waals surface area contributed by atoms with E-state index in [9.17, 15) is 38.1 Å². The molecule has 0 spiro atoms. The van der Waals surface area contributed by atoms with Crippen LogP contribution in [0.1, 0.15) is 90.2 Å². The zero-order chi connectivity index (χ0) is 48.4. The Morgan fingerprint density at radius 3 is 1.98 bits per heavy atom. The molecule has 22 heteroatoms. The van der Waals surface area contributed by atoms with Gasteiger partial charge in [0.2, 0.25) is 43.1 Å². The van der Waals surface area contributed by atoms with E-state index in [-0.39, 0.29) is 37.6 Å². The average Bonchev–Trinajstić information content (AvgIpc) is 3.67. The molecular formula is C44H63N6O15P. The highest BCUT2D eigenvalue weighted by Crippen LogP contribution is 2.49. The molecular weight excluding hydrogens is 883 g/mol. The minimum absolute atomic E-state index is 0.0201. The van der Waals surface area contributed by atoms with E-state index in [0.29, 0.717) is 37.7 Å². The molecule has 2 heterocycles. The van der Waals surface area contributed by atoms with Gasteiger partial charge in [0.05, 0.1) is 18.2 Å². The van der Waals surface area contributed by atoms with Gasteiger partial charge in [-0.25, -0.2) is 23.2 Å². The van der Waals surface area contributed by atoms with Crippen molar-refractivity contribution < 1.29 is 70.6 Å². The second-order valence-electron chi connectivity index (χ2n) is 16.6. The van der Waals surface area contributed by atoms with E-state index in [2.05, 4.69) is 16.0 Å². The number of fused-ring (bicyclic) bond motifs is 1. The summed E-state index contributed by atoms with van der Waals surface area (Å²) in [5.41, 5.74) is 6.88. The van der Waals surface area contributed by atoms with Gasteiger partial charge < -0.3 is 50.1 Å². The van der Waals surface area contributed by atoms with Crippen molar-refractivity contribution in [3.05, 3.63) is 65.7 Å². The number of rotatable bonds is 23. The summed E-state index contributed by atoms with van der Waals surface area (Å²) < 4.78 is 48.6. The molecule has 2 aliphatic heterocycles. The minimum atomic E-state index is -4.61. The van der Waals surface area contributed by atoms with E-state index < -0.39 is 99.6 Å². The average molecular weight is 947 g/mol. The Balaban J connectivity index is 1.42. The fourth-order valence-electron chi connectivity index (χ4n) is 7.29. The van der Waals surface area contributed by atoms with Crippen molar-refractivity contribution in [1.82, 2.24) is 25.8 Å². The predicted octanol–water partition coefficient (Wildman–Crippen LogP) is 4.20. The third kappa shape index (κ3) is 17.2. The van der Waals surface area contributed by atoms with Crippen molar-refractivity contribution >= 4 is 49.7 Å². The predicted molar refractivity (Wildman–Crippen MR) is 236 cm³/mol. The molecule has 4 rings (SSSR count). The molecule has 2 aliphatic rings. The zero-order valence-electron chi connectivity index (χ0n) is 38.3. The Kier molecular flexibility index (Phi) is 20.7. The second-order valence-corrected chi connectivity index (χ2v) is 18.2. The van der Waals surface area contributed by atoms with Crippen LogP contribution in [-0.4, -0.2) is 122 Å². The van der Waals surface area contributed by atoms with Crippen LogP contribution >= 0.6 is 7.82 Å². The van der Waals surface area contributed by atoms with Gasteiger partial charge in [0.1, 0.15) is 23.9 Å². The van der Waals surface area contributed by atoms with Crippen molar-refractivity contribution in [1.29, 1.82) is 0 Å². The fourth-order valence-corrected chi connectivity index (χ4v) is 8.22. The highest BCUT2D eigenvalue weighted by molar-refractivity contribution is 7.48. The van der Waals surface area contributed by atoms with Crippen molar-refractivity contribution in [3.63, 3.8) is 0 Å². The summed E-state index contributed by atoms with van der Waals surface area (Å²) in [5, 5.41) is 8.54. The molecule has 5 atom stereocenters. The quantitative estimate of drug-likeness (QED) is 0.0691. The molecule has 5 amide bonds. The fraction of sp³-hybridized carbons (Fsp3) is 0.568. The van der Waals surface area contributed by atoms with Gasteiger partial charge in [0.25, 0.3) is 0 Å². The van der Waals surface area contributed by atoms with Crippen LogP contribution in [0.3, 0.4) is 0 Å². The van der Waals surface area contributed by atoms with Crippen LogP contribution in [-0.2, 0) is 69.5 Å². The van der Waals surface area contributed by atoms with Gasteiger partial charge in [0, 0.05) is 19.0 Å². The van der Waals surface area contributed by atoms with Crippen LogP contribution in [0.15, 0.2) is 54.6 Å². The van der Waals surface area contributed by atoms with Crippen molar-refractivity contribution in [2.45, 2.75) is 134 Å². The van der Waals surface area contributed by atoms with E-state index in [0.717, 1.165) is 12.0 Å². The van der Waals surface area contributed by atoms with Crippen LogP contribution in [0, 0.1) is 0 Å². The lowest BCUT2D eigenvalue weighted by atomic mass is 9.98. The standard InChI is InChI=1S/C44H63N6O15P/c1-28(2)63-43(56)59-26-61-66(58,62-27-60-44(57)64-29(3)4)65-33-19-16-30(17-20-33)24-37(49(5)6)41(54)48-35-15-11-10-14-32-18-22-36(50(32)42(35)55)40(53)47-34(21-23-38(45)51)39(52)46-25-31-12-8-7-9-13-31/h7-9,12-13,16-17,19-20,28-29,32,34-37H,10-11,14-15,18,21-27H2,1-6H3,(H2,45,51)(H,46,52)(H,47,53)(H,48,54)/t32-,34-,35-,36-,37-/m0/s1. The highest BCUT2D eigenvalue weighted by Gasteiger charge is 2.45. The van der Waals surface area contributed by atoms with Gasteiger partial charge >= 0.3 is 20.1 Å². The first-order chi connectivity index (χ1) is 31.3. The lowest BCUT2D eigenvalue weighted by Crippen LogP contribution is -2.59. The largest absolute Gasteiger partial charge is 0.535 e. The topological polar surface area (TPSA) is 270 Å². The first kappa shape index (κ1) is 52.9. The SMILES string of the molecule is CC(C)OC(=O)OCOP(=O)(OCOC(=O)OC(C)C)Oc1ccc(C[C@@H](C(=O)N[C@H]2CCCC[C@H]3CC[C@@H](C(=O)N[C@@H](CCC(N)=O)C(=O)NCc4ccccc4)N3C2=O)N(C)C)cc1. The number of benzene rings is 2. The number of phosphoric acid groups is 1. The van der Waals surface area contributed by atoms with Crippen LogP contribution in [0.25, 0.3) is 0 Å². The molecule has 2 aromatic carbocycles. The third-order valence-corrected chi connectivity index (χ3v) is 11.8. The molecule has 2 saturated heterocycles. The van der Waals surface area contributed by atoms with Gasteiger partial charge in [-0.05, 0) is 104 Å². The van der Waals surface area contributed by atoms with Crippen LogP contribution < -0.4 is 26.2 Å². The molecule has 2 aromatic rings. The number of carbonyl (C=O) groups is 7. The molecule has 0 aromatic heterocycles. The molecule has 0 unspecified atom stereocenters. The Morgan fingerprint density at radius 1 is 0.803 bits per heavy atom. The number of carbonyl (C=O) groups excluding carboxylic acids is 7. The highest BCUT2D eigenvalue weighted by atomic mass is 31.2. The smallest absolute Gasteiger partial charge is 0.432 e. The summed E-state index contributed by atoms with van der Waals surface area (Å²) in [7, 11) is -1.18. The lowest BCUT2D eigenvalue weighted by Gasteiger charge is -2.36. The number of amides is 5. The lowest BCUT2D eigenvalue weighted by molar-refractivity contribution is -0.145. The van der Waals surface area contributed by atoms with Gasteiger partial charge in [-0.3, -0.25) is 28.9 Å². The summed E-state index contributed by atoms with van der Waals surface area (Å²) in [6, 6.07) is 11.3. The molecule has 21 nitrogen and oxygen atoms in total. The number of primary amides is 1. The monoisotopic (exact) mass is 946 g/mol. The number of nitrogens with two attached hydrogens (primary N) is 1. The van der Waals surface area contributed by atoms with Crippen LogP contribution in [0.4, 0.5) is 9.59 Å². The number of hydrogen-bond acceptors (Lipinski definition) is 16. The van der Waals surface area contributed by atoms with E-state index in [1.165, 1.54) is 12.1 Å². The summed E-state index contributed by atoms with van der Waals surface area (Å²) >= 11 is 0. The maximum absolute atomic E-state index is 14.4. The summed E-state index contributed by atoms with van der Waals surface area (Å²) in [6.07, 6.45) is 0.149. The van der Waals surface area contributed by atoms with Gasteiger partial charge in [-0.2, -0.15) is 0 Å². The van der Waals surface area contributed by atoms with Crippen LogP contribution in [0.5, 0.6) is 5.75 Å². The number of ether oxygens (including phenoxy) is 4. The van der Waals surface area contributed by atoms with Crippen molar-refractivity contribution in [3.8, 4) is 5.75 Å². The first-order valence-corrected chi connectivity index (χ1v) is 23.3. The van der Waals surface area contributed by atoms with E-state index in [1.54, 1.807) is 63.7 Å². The first-order valence-electron chi connectivity index (χ1n) is 21.9. The molecule has 0 saturated carbocycles. The number of phosphoric ester groups is 1. The molecule has 0 radical (unpaired) electrons. The minimum Gasteiger partial charge on any atom is -0.432 e. The van der Waals surface area contributed by atoms with Gasteiger partial charge in [0.15, 0.2) is 0 Å². The second kappa shape index (κ2) is 25.8. The van der Waals surface area contributed by atoms with Gasteiger partial charge in [-0.15, -0.1) is 0 Å². The number of hydrogen-bond donors (Lipinski definition) is 4. The van der Waals surface area contributed by atoms with Crippen molar-refractivity contribution in [2.24, 2.45) is 5.73 Å². The van der Waals surface area contributed by atoms with E-state index in [4.69, 9.17) is 38.3 Å². The number of nitrogens with one attached hydrogen (secondary N) is 3. The summed E-state index contributed by atoms with van der Waals surface area (Å²) in [4.78, 5) is 94.2. The molecule has 364 valence electrons. The van der Waals surface area contributed by atoms with Gasteiger partial charge in [-0.1, -0.05) is 55.3 Å². The summed E-state index contributed by atoms with van der Waals surface area (Å²) in [6.45, 7) is 4.78. The Labute approximate surface area is 384 Å². The number of likely N-dealkylation sites (N-methyl/N-ethyl adjacent to an activating group) is 1. The third-order valence-electron chi connectivity index (χ3n) is 10.5. The maximum Gasteiger partial charge on any atom is 0.535 e. The zero-order valence-corrected chi connectivity index (χ0v) is 39.2. The molecule has 0 aliphatic carbocycles. The van der Waals surface area contributed by atoms with E-state index in [1.807, 2.05) is 30.3 Å². The summed E-state index contributed by atoms with van der Waals surface area (Å²) in [5.74, 6) is -2.51. The Morgan fingerprint density at radius 2 is 1.41 bits per heavy atom. The molecule has 66 heavy (non-hydrogen) atoms. The maximum atomic E-state index is 14.4. The van der Waals surface area contributed by atoms with Crippen LogP contribution in [0.2, 0.25) is 0 Å². The number of nitrogens with zero attached hydrogens (tertiary/aromatic N) is 2.